The molecular weight excluding hydrogens is 488 g/mol. The summed E-state index contributed by atoms with van der Waals surface area (Å²) in [4.78, 5) is 26.7. The molecule has 0 bridgehead atoms. The van der Waals surface area contributed by atoms with Crippen LogP contribution in [0.5, 0.6) is 5.88 Å². The van der Waals surface area contributed by atoms with Gasteiger partial charge in [-0.15, -0.1) is 0 Å². The van der Waals surface area contributed by atoms with Gasteiger partial charge in [0.1, 0.15) is 5.69 Å². The van der Waals surface area contributed by atoms with E-state index in [2.05, 4.69) is 11.4 Å². The number of amides is 1. The second kappa shape index (κ2) is 11.6. The van der Waals surface area contributed by atoms with E-state index in [0.29, 0.717) is 29.2 Å². The summed E-state index contributed by atoms with van der Waals surface area (Å²) in [7, 11) is 3.99. The van der Waals surface area contributed by atoms with Crippen LogP contribution in [-0.2, 0) is 9.59 Å². The lowest BCUT2D eigenvalue weighted by Crippen LogP contribution is -2.13. The molecule has 0 aliphatic rings. The summed E-state index contributed by atoms with van der Waals surface area (Å²) in [5, 5.41) is 7.96. The SMILES string of the molecule is CC(=O)Oc1c(-c2ccc(NC(=O)CC(C)C)cc2)c(-c2ccc(N(C)C)cc2)nn1-c1ccc(C)cc1C. The third-order valence-corrected chi connectivity index (χ3v) is 6.37. The third-order valence-electron chi connectivity index (χ3n) is 6.37. The van der Waals surface area contributed by atoms with Crippen LogP contribution in [0.25, 0.3) is 28.1 Å². The van der Waals surface area contributed by atoms with Crippen molar-refractivity contribution in [3.05, 3.63) is 77.9 Å². The standard InChI is InChI=1S/C32H36N4O3/c1-20(2)18-29(38)33-26-13-9-24(10-14-26)30-31(25-11-15-27(16-12-25)35(6)7)34-36(32(30)39-23(5)37)28-17-8-21(3)19-22(28)4/h8-17,19-20H,18H2,1-7H3,(H,33,38). The number of ether oxygens (including phenoxy) is 1. The maximum Gasteiger partial charge on any atom is 0.309 e. The molecule has 7 heteroatoms. The minimum absolute atomic E-state index is 0.0253. The molecule has 202 valence electrons. The van der Waals surface area contributed by atoms with Crippen LogP contribution >= 0.6 is 0 Å². The maximum absolute atomic E-state index is 12.3. The summed E-state index contributed by atoms with van der Waals surface area (Å²) in [5.41, 5.74) is 7.83. The number of esters is 1. The van der Waals surface area contributed by atoms with Gasteiger partial charge in [0.15, 0.2) is 0 Å². The van der Waals surface area contributed by atoms with Crippen LogP contribution in [0.15, 0.2) is 66.7 Å². The lowest BCUT2D eigenvalue weighted by molar-refractivity contribution is -0.132. The van der Waals surface area contributed by atoms with E-state index < -0.39 is 5.97 Å². The van der Waals surface area contributed by atoms with Crippen molar-refractivity contribution in [1.82, 2.24) is 9.78 Å². The molecule has 0 aliphatic carbocycles. The van der Waals surface area contributed by atoms with Crippen molar-refractivity contribution in [2.75, 3.05) is 24.3 Å². The van der Waals surface area contributed by atoms with E-state index in [4.69, 9.17) is 9.84 Å². The lowest BCUT2D eigenvalue weighted by Gasteiger charge is -2.13. The molecule has 0 saturated carbocycles. The Hall–Kier alpha value is -4.39. The maximum atomic E-state index is 12.3. The summed E-state index contributed by atoms with van der Waals surface area (Å²) in [6.45, 7) is 9.47. The van der Waals surface area contributed by atoms with Crippen LogP contribution in [-0.4, -0.2) is 35.8 Å². The predicted octanol–water partition coefficient (Wildman–Crippen LogP) is 6.80. The third kappa shape index (κ3) is 6.37. The Bertz CT molecular complexity index is 1480. The molecule has 0 saturated heterocycles. The molecular formula is C32H36N4O3. The van der Waals surface area contributed by atoms with E-state index in [9.17, 15) is 9.59 Å². The van der Waals surface area contributed by atoms with Crippen molar-refractivity contribution in [3.8, 4) is 34.0 Å². The quantitative estimate of drug-likeness (QED) is 0.257. The van der Waals surface area contributed by atoms with Crippen molar-refractivity contribution in [1.29, 1.82) is 0 Å². The Morgan fingerprint density at radius 2 is 1.59 bits per heavy atom. The Morgan fingerprint density at radius 1 is 0.949 bits per heavy atom. The van der Waals surface area contributed by atoms with Crippen LogP contribution in [0.1, 0.15) is 38.3 Å². The molecule has 0 spiro atoms. The van der Waals surface area contributed by atoms with Gasteiger partial charge in [0, 0.05) is 44.4 Å². The molecule has 0 fully saturated rings. The Kier molecular flexibility index (Phi) is 8.19. The fourth-order valence-corrected chi connectivity index (χ4v) is 4.52. The van der Waals surface area contributed by atoms with Gasteiger partial charge >= 0.3 is 5.97 Å². The molecule has 7 nitrogen and oxygen atoms in total. The van der Waals surface area contributed by atoms with Crippen molar-refractivity contribution in [3.63, 3.8) is 0 Å². The highest BCUT2D eigenvalue weighted by Crippen LogP contribution is 2.42. The van der Waals surface area contributed by atoms with Gasteiger partial charge in [-0.3, -0.25) is 9.59 Å². The number of hydrogen-bond donors (Lipinski definition) is 1. The van der Waals surface area contributed by atoms with Gasteiger partial charge in [0.25, 0.3) is 0 Å². The van der Waals surface area contributed by atoms with Crippen LogP contribution in [0.2, 0.25) is 0 Å². The van der Waals surface area contributed by atoms with Crippen LogP contribution in [0.3, 0.4) is 0 Å². The van der Waals surface area contributed by atoms with Crippen molar-refractivity contribution in [2.24, 2.45) is 5.92 Å². The second-order valence-electron chi connectivity index (χ2n) is 10.5. The number of nitrogens with zero attached hydrogens (tertiary/aromatic N) is 3. The number of anilines is 2. The predicted molar refractivity (Wildman–Crippen MR) is 158 cm³/mol. The minimum Gasteiger partial charge on any atom is -0.407 e. The van der Waals surface area contributed by atoms with Crippen LogP contribution in [0.4, 0.5) is 11.4 Å². The summed E-state index contributed by atoms with van der Waals surface area (Å²) >= 11 is 0. The average Bonchev–Trinajstić information content (AvgIpc) is 3.22. The first-order valence-corrected chi connectivity index (χ1v) is 13.1. The van der Waals surface area contributed by atoms with Gasteiger partial charge in [-0.25, -0.2) is 0 Å². The molecule has 4 rings (SSSR count). The van der Waals surface area contributed by atoms with Crippen molar-refractivity contribution in [2.45, 2.75) is 41.0 Å². The molecule has 39 heavy (non-hydrogen) atoms. The van der Waals surface area contributed by atoms with Crippen LogP contribution in [0, 0.1) is 19.8 Å². The molecule has 1 heterocycles. The topological polar surface area (TPSA) is 76.5 Å². The Balaban J connectivity index is 1.90. The number of aromatic nitrogens is 2. The summed E-state index contributed by atoms with van der Waals surface area (Å²) in [5.74, 6) is 0.155. The highest BCUT2D eigenvalue weighted by Gasteiger charge is 2.25. The van der Waals surface area contributed by atoms with E-state index in [1.165, 1.54) is 6.92 Å². The number of carbonyl (C=O) groups excluding carboxylic acids is 2. The first-order chi connectivity index (χ1) is 18.5. The monoisotopic (exact) mass is 524 g/mol. The van der Waals surface area contributed by atoms with E-state index in [0.717, 1.165) is 33.6 Å². The average molecular weight is 525 g/mol. The zero-order valence-electron chi connectivity index (χ0n) is 23.7. The van der Waals surface area contributed by atoms with Gasteiger partial charge in [-0.1, -0.05) is 55.8 Å². The second-order valence-corrected chi connectivity index (χ2v) is 10.5. The largest absolute Gasteiger partial charge is 0.407 e. The van der Waals surface area contributed by atoms with Gasteiger partial charge in [0.05, 0.1) is 11.3 Å². The molecule has 1 aromatic heterocycles. The van der Waals surface area contributed by atoms with Gasteiger partial charge in [0.2, 0.25) is 11.8 Å². The summed E-state index contributed by atoms with van der Waals surface area (Å²) in [6.07, 6.45) is 0.452. The van der Waals surface area contributed by atoms with Gasteiger partial charge < -0.3 is 15.0 Å². The first-order valence-electron chi connectivity index (χ1n) is 13.1. The molecule has 1 amide bonds. The molecule has 0 aliphatic heterocycles. The zero-order chi connectivity index (χ0) is 28.3. The highest BCUT2D eigenvalue weighted by atomic mass is 16.5. The molecule has 4 aromatic rings. The normalized spacial score (nSPS) is 11.0. The number of carbonyl (C=O) groups is 2. The number of rotatable bonds is 8. The summed E-state index contributed by atoms with van der Waals surface area (Å²) < 4.78 is 7.56. The van der Waals surface area contributed by atoms with E-state index in [-0.39, 0.29) is 11.8 Å². The van der Waals surface area contributed by atoms with E-state index in [1.54, 1.807) is 4.68 Å². The first kappa shape index (κ1) is 27.6. The van der Waals surface area contributed by atoms with Crippen LogP contribution < -0.4 is 15.0 Å². The Labute approximate surface area is 230 Å². The number of hydrogen-bond acceptors (Lipinski definition) is 5. The number of aryl methyl sites for hydroxylation is 2. The number of benzene rings is 3. The molecule has 0 atom stereocenters. The fraction of sp³-hybridized carbons (Fsp3) is 0.281. The van der Waals surface area contributed by atoms with Crippen molar-refractivity contribution >= 4 is 23.3 Å². The van der Waals surface area contributed by atoms with Gasteiger partial charge in [-0.2, -0.15) is 9.78 Å². The minimum atomic E-state index is -0.436. The van der Waals surface area contributed by atoms with E-state index in [1.807, 2.05) is 107 Å². The lowest BCUT2D eigenvalue weighted by atomic mass is 10.0. The summed E-state index contributed by atoms with van der Waals surface area (Å²) in [6, 6.07) is 21.7. The zero-order valence-corrected chi connectivity index (χ0v) is 23.7. The highest BCUT2D eigenvalue weighted by molar-refractivity contribution is 5.92. The molecule has 0 unspecified atom stereocenters. The molecule has 0 radical (unpaired) electrons. The van der Waals surface area contributed by atoms with E-state index >= 15 is 0 Å². The molecule has 3 aromatic carbocycles. The van der Waals surface area contributed by atoms with Gasteiger partial charge in [-0.05, 0) is 61.2 Å². The molecule has 1 N–H and O–H groups in total. The van der Waals surface area contributed by atoms with Crippen molar-refractivity contribution < 1.29 is 14.3 Å². The Morgan fingerprint density at radius 3 is 2.15 bits per heavy atom. The number of nitrogens with one attached hydrogen (secondary N) is 1. The smallest absolute Gasteiger partial charge is 0.309 e. The fourth-order valence-electron chi connectivity index (χ4n) is 4.52.